The highest BCUT2D eigenvalue weighted by Gasteiger charge is 2.12. The van der Waals surface area contributed by atoms with E-state index in [4.69, 9.17) is 15.0 Å². The summed E-state index contributed by atoms with van der Waals surface area (Å²) in [7, 11) is 0. The molecule has 0 atom stereocenters. The van der Waals surface area contributed by atoms with Crippen molar-refractivity contribution in [2.45, 2.75) is 6.92 Å². The highest BCUT2D eigenvalue weighted by Crippen LogP contribution is 2.35. The third-order valence-electron chi connectivity index (χ3n) is 2.24. The Hall–Kier alpha value is -1.75. The summed E-state index contributed by atoms with van der Waals surface area (Å²) in [4.78, 5) is 0. The molecule has 0 aliphatic carbocycles. The molecular formula is C13H13BrN2O2. The lowest BCUT2D eigenvalue weighted by Gasteiger charge is -2.10. The molecule has 0 saturated carbocycles. The van der Waals surface area contributed by atoms with Gasteiger partial charge >= 0.3 is 0 Å². The first-order chi connectivity index (χ1) is 8.58. The first kappa shape index (κ1) is 12.7. The molecule has 0 aliphatic heterocycles. The van der Waals surface area contributed by atoms with Crippen LogP contribution in [0.3, 0.4) is 0 Å². The summed E-state index contributed by atoms with van der Waals surface area (Å²) < 4.78 is 11.3. The fourth-order valence-electron chi connectivity index (χ4n) is 1.44. The second-order valence-electron chi connectivity index (χ2n) is 3.98. The van der Waals surface area contributed by atoms with Crippen LogP contribution in [0.2, 0.25) is 0 Å². The number of hydrogen-bond donors (Lipinski definition) is 1. The molecular weight excluding hydrogens is 296 g/mol. The summed E-state index contributed by atoms with van der Waals surface area (Å²) in [6.45, 7) is 6.19. The average molecular weight is 309 g/mol. The van der Waals surface area contributed by atoms with Crippen LogP contribution in [0.15, 0.2) is 45.4 Å². The molecule has 94 valence electrons. The van der Waals surface area contributed by atoms with Crippen LogP contribution < -0.4 is 10.5 Å². The van der Waals surface area contributed by atoms with Gasteiger partial charge in [-0.2, -0.15) is 0 Å². The summed E-state index contributed by atoms with van der Waals surface area (Å²) in [5.41, 5.74) is 8.01. The number of anilines is 1. The Morgan fingerprint density at radius 3 is 2.94 bits per heavy atom. The number of rotatable bonds is 4. The van der Waals surface area contributed by atoms with E-state index in [1.165, 1.54) is 0 Å². The summed E-state index contributed by atoms with van der Waals surface area (Å²) in [6.07, 6.45) is 0. The van der Waals surface area contributed by atoms with E-state index >= 15 is 0 Å². The number of ether oxygens (including phenoxy) is 1. The fraction of sp³-hybridized carbons (Fsp3) is 0.154. The summed E-state index contributed by atoms with van der Waals surface area (Å²) in [6, 6.07) is 7.34. The molecule has 0 aliphatic rings. The van der Waals surface area contributed by atoms with Gasteiger partial charge in [-0.05, 0) is 34.5 Å². The van der Waals surface area contributed by atoms with Gasteiger partial charge < -0.3 is 15.0 Å². The van der Waals surface area contributed by atoms with E-state index in [-0.39, 0.29) is 5.88 Å². The van der Waals surface area contributed by atoms with Crippen molar-refractivity contribution in [3.05, 3.63) is 40.9 Å². The van der Waals surface area contributed by atoms with E-state index in [2.05, 4.69) is 27.7 Å². The molecule has 5 heteroatoms. The summed E-state index contributed by atoms with van der Waals surface area (Å²) in [5, 5.41) is 3.88. The van der Waals surface area contributed by atoms with Gasteiger partial charge in [-0.1, -0.05) is 23.9 Å². The van der Waals surface area contributed by atoms with Crippen molar-refractivity contribution in [1.82, 2.24) is 5.16 Å². The van der Waals surface area contributed by atoms with Crippen LogP contribution in [0.25, 0.3) is 11.3 Å². The molecule has 0 fully saturated rings. The normalized spacial score (nSPS) is 10.3. The molecule has 2 rings (SSSR count). The second-order valence-corrected chi connectivity index (χ2v) is 4.77. The first-order valence-corrected chi connectivity index (χ1v) is 6.15. The molecule has 0 saturated heterocycles. The lowest BCUT2D eigenvalue weighted by Crippen LogP contribution is -1.98. The van der Waals surface area contributed by atoms with E-state index in [1.807, 2.05) is 25.1 Å². The highest BCUT2D eigenvalue weighted by molar-refractivity contribution is 9.10. The standard InChI is InChI=1S/C13H13BrN2O2/c1-8(2)7-17-11-5-3-4-9(13(11)14)10-6-12(15)18-16-10/h3-6H,1,7,15H2,2H3. The quantitative estimate of drug-likeness (QED) is 0.876. The molecule has 0 radical (unpaired) electrons. The monoisotopic (exact) mass is 308 g/mol. The van der Waals surface area contributed by atoms with Crippen molar-refractivity contribution in [2.24, 2.45) is 0 Å². The third kappa shape index (κ3) is 2.73. The molecule has 0 bridgehead atoms. The van der Waals surface area contributed by atoms with Crippen molar-refractivity contribution in [3.63, 3.8) is 0 Å². The third-order valence-corrected chi connectivity index (χ3v) is 3.06. The van der Waals surface area contributed by atoms with E-state index in [0.717, 1.165) is 21.4 Å². The molecule has 0 unspecified atom stereocenters. The van der Waals surface area contributed by atoms with Crippen LogP contribution in [-0.4, -0.2) is 11.8 Å². The Kier molecular flexibility index (Phi) is 3.72. The van der Waals surface area contributed by atoms with Gasteiger partial charge in [0.2, 0.25) is 5.88 Å². The maximum absolute atomic E-state index is 5.63. The molecule has 1 heterocycles. The SMILES string of the molecule is C=C(C)COc1cccc(-c2cc(N)on2)c1Br. The van der Waals surface area contributed by atoms with Crippen LogP contribution >= 0.6 is 15.9 Å². The van der Waals surface area contributed by atoms with Crippen LogP contribution in [0.1, 0.15) is 6.92 Å². The maximum atomic E-state index is 5.63. The average Bonchev–Trinajstić information content (AvgIpc) is 2.74. The zero-order valence-electron chi connectivity index (χ0n) is 9.94. The Morgan fingerprint density at radius 2 is 2.33 bits per heavy atom. The molecule has 1 aromatic heterocycles. The maximum Gasteiger partial charge on any atom is 0.222 e. The number of nitrogens with two attached hydrogens (primary N) is 1. The fourth-order valence-corrected chi connectivity index (χ4v) is 2.02. The predicted octanol–water partition coefficient (Wildman–Crippen LogP) is 3.64. The Balaban J connectivity index is 2.32. The molecule has 2 aromatic rings. The molecule has 1 aromatic carbocycles. The van der Waals surface area contributed by atoms with Gasteiger partial charge in [-0.15, -0.1) is 0 Å². The van der Waals surface area contributed by atoms with Crippen molar-refractivity contribution in [2.75, 3.05) is 12.3 Å². The van der Waals surface area contributed by atoms with Crippen LogP contribution in [-0.2, 0) is 0 Å². The Morgan fingerprint density at radius 1 is 1.56 bits per heavy atom. The lowest BCUT2D eigenvalue weighted by atomic mass is 10.1. The van der Waals surface area contributed by atoms with Gasteiger partial charge in [0.25, 0.3) is 0 Å². The highest BCUT2D eigenvalue weighted by atomic mass is 79.9. The van der Waals surface area contributed by atoms with E-state index < -0.39 is 0 Å². The van der Waals surface area contributed by atoms with E-state index in [0.29, 0.717) is 12.3 Å². The molecule has 18 heavy (non-hydrogen) atoms. The predicted molar refractivity (Wildman–Crippen MR) is 74.4 cm³/mol. The summed E-state index contributed by atoms with van der Waals surface area (Å²) >= 11 is 3.50. The summed E-state index contributed by atoms with van der Waals surface area (Å²) in [5.74, 6) is 1.02. The van der Waals surface area contributed by atoms with E-state index in [9.17, 15) is 0 Å². The topological polar surface area (TPSA) is 61.3 Å². The number of halogens is 1. The second kappa shape index (κ2) is 5.27. The molecule has 0 spiro atoms. The molecule has 2 N–H and O–H groups in total. The minimum absolute atomic E-state index is 0.283. The van der Waals surface area contributed by atoms with Crippen molar-refractivity contribution in [1.29, 1.82) is 0 Å². The van der Waals surface area contributed by atoms with Gasteiger partial charge in [0, 0.05) is 11.6 Å². The van der Waals surface area contributed by atoms with E-state index in [1.54, 1.807) is 6.07 Å². The number of aromatic nitrogens is 1. The van der Waals surface area contributed by atoms with Crippen molar-refractivity contribution in [3.8, 4) is 17.0 Å². The number of nitrogens with zero attached hydrogens (tertiary/aromatic N) is 1. The van der Waals surface area contributed by atoms with Gasteiger partial charge in [-0.3, -0.25) is 0 Å². The molecule has 4 nitrogen and oxygen atoms in total. The number of hydrogen-bond acceptors (Lipinski definition) is 4. The number of benzene rings is 1. The lowest BCUT2D eigenvalue weighted by molar-refractivity contribution is 0.350. The van der Waals surface area contributed by atoms with Crippen molar-refractivity contribution >= 4 is 21.8 Å². The van der Waals surface area contributed by atoms with Gasteiger partial charge in [-0.25, -0.2) is 0 Å². The minimum Gasteiger partial charge on any atom is -0.488 e. The largest absolute Gasteiger partial charge is 0.488 e. The van der Waals surface area contributed by atoms with Gasteiger partial charge in [0.15, 0.2) is 0 Å². The van der Waals surface area contributed by atoms with Crippen LogP contribution in [0.5, 0.6) is 5.75 Å². The van der Waals surface area contributed by atoms with Crippen molar-refractivity contribution < 1.29 is 9.26 Å². The van der Waals surface area contributed by atoms with Crippen LogP contribution in [0.4, 0.5) is 5.88 Å². The van der Waals surface area contributed by atoms with Crippen LogP contribution in [0, 0.1) is 0 Å². The van der Waals surface area contributed by atoms with Gasteiger partial charge in [0.1, 0.15) is 18.1 Å². The van der Waals surface area contributed by atoms with Gasteiger partial charge in [0.05, 0.1) is 4.47 Å². The first-order valence-electron chi connectivity index (χ1n) is 5.36. The Bertz CT molecular complexity index is 578. The smallest absolute Gasteiger partial charge is 0.222 e. The number of nitrogen functional groups attached to an aromatic ring is 1. The zero-order valence-corrected chi connectivity index (χ0v) is 11.5. The zero-order chi connectivity index (χ0) is 13.1. The molecule has 0 amide bonds. The minimum atomic E-state index is 0.283. The Labute approximate surface area is 114 Å².